The van der Waals surface area contributed by atoms with Crippen molar-refractivity contribution in [3.63, 3.8) is 0 Å². The number of hydrogen-bond donors (Lipinski definition) is 1. The molecule has 2 fully saturated rings. The number of fused-ring (bicyclic) bond motifs is 6. The Kier molecular flexibility index (Phi) is 4.39. The maximum atomic E-state index is 13.6. The van der Waals surface area contributed by atoms with Gasteiger partial charge in [0.2, 0.25) is 0 Å². The fourth-order valence-electron chi connectivity index (χ4n) is 6.52. The molecule has 0 amide bonds. The van der Waals surface area contributed by atoms with E-state index in [1.54, 1.807) is 31.5 Å². The molecule has 3 aliphatic rings. The molecule has 0 saturated heterocycles. The van der Waals surface area contributed by atoms with Crippen molar-refractivity contribution >= 4 is 28.7 Å². The zero-order chi connectivity index (χ0) is 21.2. The minimum atomic E-state index is -0.219. The molecule has 1 N–H and O–H groups in total. The topological polar surface area (TPSA) is 80.8 Å². The maximum absolute atomic E-state index is 13.6. The maximum Gasteiger partial charge on any atom is 0.181 e. The lowest BCUT2D eigenvalue weighted by atomic mass is 9.55. The average molecular weight is 435 g/mol. The van der Waals surface area contributed by atoms with E-state index in [1.807, 2.05) is 0 Å². The molecule has 0 aliphatic heterocycles. The van der Waals surface area contributed by atoms with Crippen LogP contribution in [0.15, 0.2) is 35.9 Å². The second-order valence-corrected chi connectivity index (χ2v) is 10.6. The van der Waals surface area contributed by atoms with Gasteiger partial charge in [-0.2, -0.15) is 0 Å². The molecule has 6 nitrogen and oxygen atoms in total. The van der Waals surface area contributed by atoms with Crippen LogP contribution in [0.1, 0.15) is 49.7 Å². The van der Waals surface area contributed by atoms with Gasteiger partial charge in [-0.15, -0.1) is 0 Å². The third kappa shape index (κ3) is 2.85. The van der Waals surface area contributed by atoms with Crippen LogP contribution in [0.5, 0.6) is 5.75 Å². The summed E-state index contributed by atoms with van der Waals surface area (Å²) in [6, 6.07) is 6.58. The SMILES string of the molecule is COc1ccc2c(c1)CC[C@H]1[C@@H]2CC[C@]2(C)C(=O)[C@@H](Sc3ncnc4nc[nH]c34)C[C@@H]12. The Morgan fingerprint density at radius 3 is 3.00 bits per heavy atom. The Balaban J connectivity index is 1.30. The standard InChI is InChI=1S/C24H26N4O2S/c1-24-8-7-16-15-6-4-14(30-2)9-13(15)3-5-17(16)18(24)10-19(21(24)29)31-23-20-22(26-11-25-20)27-12-28-23/h4,6,9,11-12,16-19H,3,5,7-8,10H2,1-2H3,(H,25,26,27,28)/t16-,17+,18+,19+,24+/m1/s1. The van der Waals surface area contributed by atoms with E-state index < -0.39 is 0 Å². The van der Waals surface area contributed by atoms with Crippen molar-refractivity contribution in [1.29, 1.82) is 0 Å². The molecule has 7 heteroatoms. The van der Waals surface area contributed by atoms with Gasteiger partial charge in [0.15, 0.2) is 11.4 Å². The predicted molar refractivity (Wildman–Crippen MR) is 119 cm³/mol. The number of hydrogen-bond acceptors (Lipinski definition) is 6. The van der Waals surface area contributed by atoms with Crippen LogP contribution in [0.25, 0.3) is 11.2 Å². The molecule has 0 bridgehead atoms. The molecule has 3 aliphatic carbocycles. The highest BCUT2D eigenvalue weighted by atomic mass is 32.2. The van der Waals surface area contributed by atoms with Crippen molar-refractivity contribution < 1.29 is 9.53 Å². The van der Waals surface area contributed by atoms with Crippen molar-refractivity contribution in [2.45, 2.75) is 55.2 Å². The van der Waals surface area contributed by atoms with Gasteiger partial charge >= 0.3 is 0 Å². The van der Waals surface area contributed by atoms with Crippen LogP contribution in [-0.4, -0.2) is 38.1 Å². The molecular formula is C24H26N4O2S. The third-order valence-corrected chi connectivity index (χ3v) is 9.31. The number of methoxy groups -OCH3 is 1. The van der Waals surface area contributed by atoms with E-state index in [0.29, 0.717) is 29.2 Å². The lowest BCUT2D eigenvalue weighted by molar-refractivity contribution is -0.129. The number of carbonyl (C=O) groups excluding carboxylic acids is 1. The summed E-state index contributed by atoms with van der Waals surface area (Å²) < 4.78 is 5.45. The minimum Gasteiger partial charge on any atom is -0.497 e. The van der Waals surface area contributed by atoms with E-state index in [9.17, 15) is 4.79 Å². The van der Waals surface area contributed by atoms with E-state index in [0.717, 1.165) is 48.4 Å². The summed E-state index contributed by atoms with van der Waals surface area (Å²) in [5.74, 6) is 2.92. The summed E-state index contributed by atoms with van der Waals surface area (Å²) in [7, 11) is 1.73. The Bertz CT molecular complexity index is 1180. The second kappa shape index (κ2) is 7.05. The molecule has 1 aromatic carbocycles. The van der Waals surface area contributed by atoms with Gasteiger partial charge in [0, 0.05) is 5.41 Å². The van der Waals surface area contributed by atoms with E-state index in [1.165, 1.54) is 11.1 Å². The van der Waals surface area contributed by atoms with Crippen LogP contribution in [0.2, 0.25) is 0 Å². The number of thioether (sulfide) groups is 1. The van der Waals surface area contributed by atoms with E-state index in [-0.39, 0.29) is 10.7 Å². The minimum absolute atomic E-state index is 0.0487. The first-order chi connectivity index (χ1) is 15.1. The van der Waals surface area contributed by atoms with Crippen LogP contribution in [0, 0.1) is 17.3 Å². The van der Waals surface area contributed by atoms with Gasteiger partial charge in [0.1, 0.15) is 22.6 Å². The molecule has 31 heavy (non-hydrogen) atoms. The average Bonchev–Trinajstić information content (AvgIpc) is 3.37. The number of nitrogens with zero attached hydrogens (tertiary/aromatic N) is 3. The number of benzene rings is 1. The van der Waals surface area contributed by atoms with E-state index in [4.69, 9.17) is 4.74 Å². The Morgan fingerprint density at radius 1 is 1.23 bits per heavy atom. The molecule has 0 spiro atoms. The van der Waals surface area contributed by atoms with Crippen LogP contribution >= 0.6 is 11.8 Å². The number of aromatic nitrogens is 4. The van der Waals surface area contributed by atoms with Crippen molar-refractivity contribution in [3.8, 4) is 5.75 Å². The molecular weight excluding hydrogens is 408 g/mol. The Hall–Kier alpha value is -2.41. The fourth-order valence-corrected chi connectivity index (χ4v) is 7.85. The van der Waals surface area contributed by atoms with Crippen LogP contribution < -0.4 is 4.74 Å². The summed E-state index contributed by atoms with van der Waals surface area (Å²) in [5, 5.41) is 0.785. The number of H-pyrrole nitrogens is 1. The van der Waals surface area contributed by atoms with Crippen LogP contribution in [0.3, 0.4) is 0 Å². The number of imidazole rings is 1. The number of aryl methyl sites for hydroxylation is 1. The van der Waals surface area contributed by atoms with Crippen molar-refractivity contribution in [3.05, 3.63) is 42.0 Å². The first kappa shape index (κ1) is 19.3. The van der Waals surface area contributed by atoms with Gasteiger partial charge < -0.3 is 9.72 Å². The largest absolute Gasteiger partial charge is 0.497 e. The van der Waals surface area contributed by atoms with Gasteiger partial charge in [0.25, 0.3) is 0 Å². The molecule has 2 heterocycles. The van der Waals surface area contributed by atoms with Gasteiger partial charge in [-0.3, -0.25) is 4.79 Å². The smallest absolute Gasteiger partial charge is 0.181 e. The lowest BCUT2D eigenvalue weighted by Gasteiger charge is -2.48. The van der Waals surface area contributed by atoms with Gasteiger partial charge in [0.05, 0.1) is 18.7 Å². The highest BCUT2D eigenvalue weighted by Crippen LogP contribution is 2.61. The lowest BCUT2D eigenvalue weighted by Crippen LogP contribution is -2.42. The first-order valence-electron chi connectivity index (χ1n) is 11.1. The Morgan fingerprint density at radius 2 is 2.13 bits per heavy atom. The molecule has 2 saturated carbocycles. The zero-order valence-electron chi connectivity index (χ0n) is 17.8. The summed E-state index contributed by atoms with van der Waals surface area (Å²) in [5.41, 5.74) is 4.19. The summed E-state index contributed by atoms with van der Waals surface area (Å²) in [6.07, 6.45) is 8.43. The molecule has 5 atom stereocenters. The van der Waals surface area contributed by atoms with Crippen molar-refractivity contribution in [1.82, 2.24) is 19.9 Å². The van der Waals surface area contributed by atoms with Gasteiger partial charge in [-0.1, -0.05) is 24.8 Å². The quantitative estimate of drug-likeness (QED) is 0.609. The van der Waals surface area contributed by atoms with Gasteiger partial charge in [-0.05, 0) is 73.1 Å². The molecule has 0 unspecified atom stereocenters. The normalized spacial score (nSPS) is 31.9. The predicted octanol–water partition coefficient (Wildman–Crippen LogP) is 4.56. The monoisotopic (exact) mass is 434 g/mol. The van der Waals surface area contributed by atoms with E-state index >= 15 is 0 Å². The molecule has 160 valence electrons. The summed E-state index contributed by atoms with van der Waals surface area (Å²) in [6.45, 7) is 2.23. The molecule has 0 radical (unpaired) electrons. The summed E-state index contributed by atoms with van der Waals surface area (Å²) >= 11 is 1.60. The van der Waals surface area contributed by atoms with Crippen LogP contribution in [0.4, 0.5) is 0 Å². The number of aromatic amines is 1. The second-order valence-electron chi connectivity index (χ2n) is 9.42. The van der Waals surface area contributed by atoms with Crippen molar-refractivity contribution in [2.24, 2.45) is 17.3 Å². The molecule has 6 rings (SSSR count). The van der Waals surface area contributed by atoms with Gasteiger partial charge in [-0.25, -0.2) is 15.0 Å². The molecule has 3 aromatic rings. The number of carbonyl (C=O) groups is 1. The van der Waals surface area contributed by atoms with Crippen molar-refractivity contribution in [2.75, 3.05) is 7.11 Å². The van der Waals surface area contributed by atoms with E-state index in [2.05, 4.69) is 45.1 Å². The fraction of sp³-hybridized carbons (Fsp3) is 0.500. The zero-order valence-corrected chi connectivity index (χ0v) is 18.6. The number of rotatable bonds is 3. The molecule has 2 aromatic heterocycles. The number of Topliss-reactive ketones (excluding diaryl/α,β-unsaturated/α-hetero) is 1. The Labute approximate surface area is 185 Å². The number of ketones is 1. The highest BCUT2D eigenvalue weighted by Gasteiger charge is 2.58. The first-order valence-corrected chi connectivity index (χ1v) is 12.0. The number of ether oxygens (including phenoxy) is 1. The third-order valence-electron chi connectivity index (χ3n) is 8.09. The van der Waals surface area contributed by atoms with Crippen LogP contribution in [-0.2, 0) is 11.2 Å². The highest BCUT2D eigenvalue weighted by molar-refractivity contribution is 8.00. The summed E-state index contributed by atoms with van der Waals surface area (Å²) in [4.78, 5) is 29.7. The number of nitrogens with one attached hydrogen (secondary N) is 1.